The topological polar surface area (TPSA) is 75.3 Å². The van der Waals surface area contributed by atoms with Crippen LogP contribution < -0.4 is 10.0 Å². The molecular formula is C27H31ClN2O3S. The molecule has 1 atom stereocenters. The van der Waals surface area contributed by atoms with Crippen molar-refractivity contribution < 1.29 is 13.2 Å². The van der Waals surface area contributed by atoms with Gasteiger partial charge in [-0.1, -0.05) is 68.8 Å². The average molecular weight is 499 g/mol. The molecular weight excluding hydrogens is 468 g/mol. The number of hydrogen-bond donors (Lipinski definition) is 2. The van der Waals surface area contributed by atoms with Crippen molar-refractivity contribution in [3.05, 3.63) is 93.5 Å². The first kappa shape index (κ1) is 25.8. The maximum Gasteiger partial charge on any atom is 0.263 e. The van der Waals surface area contributed by atoms with E-state index in [-0.39, 0.29) is 32.8 Å². The molecule has 0 spiro atoms. The molecule has 0 saturated heterocycles. The van der Waals surface area contributed by atoms with Crippen LogP contribution in [0.5, 0.6) is 0 Å². The van der Waals surface area contributed by atoms with Crippen LogP contribution in [0.1, 0.15) is 66.3 Å². The smallest absolute Gasteiger partial charge is 0.263 e. The Morgan fingerprint density at radius 3 is 2.24 bits per heavy atom. The number of anilines is 1. The fourth-order valence-corrected chi connectivity index (χ4v) is 5.20. The van der Waals surface area contributed by atoms with Gasteiger partial charge in [0, 0.05) is 5.56 Å². The highest BCUT2D eigenvalue weighted by molar-refractivity contribution is 7.92. The van der Waals surface area contributed by atoms with E-state index in [0.29, 0.717) is 5.69 Å². The summed E-state index contributed by atoms with van der Waals surface area (Å²) in [7, 11) is -4.00. The maximum atomic E-state index is 13.1. The van der Waals surface area contributed by atoms with E-state index in [1.165, 1.54) is 23.8 Å². The molecule has 0 aliphatic heterocycles. The van der Waals surface area contributed by atoms with Crippen LogP contribution in [0.2, 0.25) is 5.02 Å². The number of halogens is 1. The maximum absolute atomic E-state index is 13.1. The largest absolute Gasteiger partial charge is 0.346 e. The van der Waals surface area contributed by atoms with Crippen LogP contribution in [0.15, 0.2) is 65.6 Å². The van der Waals surface area contributed by atoms with Gasteiger partial charge >= 0.3 is 0 Å². The highest BCUT2D eigenvalue weighted by Crippen LogP contribution is 2.28. The normalized spacial score (nSPS) is 12.8. The van der Waals surface area contributed by atoms with Gasteiger partial charge in [-0.2, -0.15) is 0 Å². The fourth-order valence-electron chi connectivity index (χ4n) is 3.55. The first-order valence-corrected chi connectivity index (χ1v) is 13.0. The molecule has 0 radical (unpaired) electrons. The summed E-state index contributed by atoms with van der Waals surface area (Å²) < 4.78 is 28.8. The Kier molecular flexibility index (Phi) is 7.44. The Labute approximate surface area is 207 Å². The van der Waals surface area contributed by atoms with Gasteiger partial charge < -0.3 is 5.32 Å². The summed E-state index contributed by atoms with van der Waals surface area (Å²) in [6.45, 7) is 12.1. The van der Waals surface area contributed by atoms with Gasteiger partial charge in [0.15, 0.2) is 0 Å². The zero-order chi connectivity index (χ0) is 25.3. The molecule has 0 fully saturated rings. The van der Waals surface area contributed by atoms with Crippen molar-refractivity contribution in [2.75, 3.05) is 4.72 Å². The lowest BCUT2D eigenvalue weighted by molar-refractivity contribution is 0.0939. The van der Waals surface area contributed by atoms with Crippen LogP contribution >= 0.6 is 11.6 Å². The van der Waals surface area contributed by atoms with E-state index < -0.39 is 10.0 Å². The fraction of sp³-hybridized carbons (Fsp3) is 0.296. The van der Waals surface area contributed by atoms with Gasteiger partial charge in [-0.05, 0) is 72.7 Å². The number of aryl methyl sites for hydroxylation is 1. The van der Waals surface area contributed by atoms with Gasteiger partial charge in [-0.15, -0.1) is 0 Å². The second-order valence-electron chi connectivity index (χ2n) is 9.57. The quantitative estimate of drug-likeness (QED) is 0.404. The predicted molar refractivity (Wildman–Crippen MR) is 139 cm³/mol. The van der Waals surface area contributed by atoms with E-state index in [9.17, 15) is 13.2 Å². The Morgan fingerprint density at radius 1 is 0.971 bits per heavy atom. The summed E-state index contributed by atoms with van der Waals surface area (Å²) in [4.78, 5) is 12.8. The van der Waals surface area contributed by atoms with Crippen LogP contribution in [0.4, 0.5) is 5.69 Å². The van der Waals surface area contributed by atoms with E-state index in [1.54, 1.807) is 12.1 Å². The monoisotopic (exact) mass is 498 g/mol. The Balaban J connectivity index is 1.82. The summed E-state index contributed by atoms with van der Waals surface area (Å²) in [5.74, 6) is -0.382. The number of amides is 1. The lowest BCUT2D eigenvalue weighted by atomic mass is 9.86. The third kappa shape index (κ3) is 5.80. The summed E-state index contributed by atoms with van der Waals surface area (Å²) in [6.07, 6.45) is 0. The van der Waals surface area contributed by atoms with Gasteiger partial charge in [0.25, 0.3) is 15.9 Å². The molecule has 0 unspecified atom stereocenters. The molecule has 0 bridgehead atoms. The van der Waals surface area contributed by atoms with Crippen molar-refractivity contribution in [2.45, 2.75) is 57.9 Å². The Morgan fingerprint density at radius 2 is 1.62 bits per heavy atom. The van der Waals surface area contributed by atoms with Crippen molar-refractivity contribution in [3.63, 3.8) is 0 Å². The average Bonchev–Trinajstić information content (AvgIpc) is 2.76. The molecule has 3 aromatic rings. The minimum atomic E-state index is -4.00. The van der Waals surface area contributed by atoms with Crippen molar-refractivity contribution in [1.82, 2.24) is 5.32 Å². The third-order valence-electron chi connectivity index (χ3n) is 5.96. The molecule has 1 amide bonds. The molecule has 0 aromatic heterocycles. The van der Waals surface area contributed by atoms with Crippen molar-refractivity contribution in [1.29, 1.82) is 0 Å². The highest BCUT2D eigenvalue weighted by Gasteiger charge is 2.22. The molecule has 180 valence electrons. The number of benzene rings is 3. The molecule has 3 rings (SSSR count). The number of hydrogen-bond acceptors (Lipinski definition) is 3. The third-order valence-corrected chi connectivity index (χ3v) is 7.80. The Bertz CT molecular complexity index is 1310. The van der Waals surface area contributed by atoms with Gasteiger partial charge in [-0.3, -0.25) is 9.52 Å². The van der Waals surface area contributed by atoms with Crippen LogP contribution in [-0.4, -0.2) is 14.3 Å². The molecule has 34 heavy (non-hydrogen) atoms. The lowest BCUT2D eigenvalue weighted by Gasteiger charge is -2.21. The van der Waals surface area contributed by atoms with Gasteiger partial charge in [0.05, 0.1) is 16.8 Å². The molecule has 0 heterocycles. The molecule has 0 aliphatic carbocycles. The molecule has 3 aromatic carbocycles. The number of sulfonamides is 1. The van der Waals surface area contributed by atoms with Crippen LogP contribution in [-0.2, 0) is 15.4 Å². The summed E-state index contributed by atoms with van der Waals surface area (Å²) >= 11 is 6.23. The number of rotatable bonds is 6. The van der Waals surface area contributed by atoms with E-state index in [1.807, 2.05) is 39.0 Å². The van der Waals surface area contributed by atoms with Crippen LogP contribution in [0, 0.1) is 13.8 Å². The summed E-state index contributed by atoms with van der Waals surface area (Å²) in [5.41, 5.74) is 4.67. The summed E-state index contributed by atoms with van der Waals surface area (Å²) in [6, 6.07) is 17.5. The minimum Gasteiger partial charge on any atom is -0.346 e. The number of carbonyl (C=O) groups excluding carboxylic acids is 1. The highest BCUT2D eigenvalue weighted by atomic mass is 35.5. The zero-order valence-electron chi connectivity index (χ0n) is 20.4. The first-order valence-electron chi connectivity index (χ1n) is 11.1. The predicted octanol–water partition coefficient (Wildman–Crippen LogP) is 6.55. The van der Waals surface area contributed by atoms with Gasteiger partial charge in [0.2, 0.25) is 0 Å². The van der Waals surface area contributed by atoms with E-state index in [2.05, 4.69) is 42.9 Å². The van der Waals surface area contributed by atoms with Crippen molar-refractivity contribution >= 4 is 33.2 Å². The lowest BCUT2D eigenvalue weighted by Crippen LogP contribution is -2.27. The molecule has 7 heteroatoms. The molecule has 0 saturated carbocycles. The summed E-state index contributed by atoms with van der Waals surface area (Å²) in [5, 5.41) is 2.98. The van der Waals surface area contributed by atoms with Gasteiger partial charge in [-0.25, -0.2) is 8.42 Å². The molecule has 5 nitrogen and oxygen atoms in total. The van der Waals surface area contributed by atoms with Crippen LogP contribution in [0.25, 0.3) is 0 Å². The standard InChI is InChI=1S/C27H31ClN2O3S/c1-17-8-7-9-24(18(17)2)30-34(32,33)25-16-21(12-15-23(25)28)26(31)29-19(3)20-10-13-22(14-11-20)27(4,5)6/h7-16,19,30H,1-6H3,(H,29,31)/t19-/m1/s1. The minimum absolute atomic E-state index is 0.0418. The van der Waals surface area contributed by atoms with Gasteiger partial charge in [0.1, 0.15) is 4.90 Å². The second kappa shape index (κ2) is 9.80. The first-order chi connectivity index (χ1) is 15.8. The van der Waals surface area contributed by atoms with E-state index in [4.69, 9.17) is 11.6 Å². The van der Waals surface area contributed by atoms with Crippen molar-refractivity contribution in [2.24, 2.45) is 0 Å². The molecule has 0 aliphatic rings. The molecule has 2 N–H and O–H groups in total. The van der Waals surface area contributed by atoms with Crippen LogP contribution in [0.3, 0.4) is 0 Å². The Hall–Kier alpha value is -2.83. The second-order valence-corrected chi connectivity index (χ2v) is 11.6. The van der Waals surface area contributed by atoms with Crippen molar-refractivity contribution in [3.8, 4) is 0 Å². The SMILES string of the molecule is Cc1cccc(NS(=O)(=O)c2cc(C(=O)N[C@H](C)c3ccc(C(C)(C)C)cc3)ccc2Cl)c1C. The van der Waals surface area contributed by atoms with E-state index in [0.717, 1.165) is 16.7 Å². The zero-order valence-corrected chi connectivity index (χ0v) is 21.9. The van der Waals surface area contributed by atoms with E-state index >= 15 is 0 Å². The number of nitrogens with one attached hydrogen (secondary N) is 2. The number of carbonyl (C=O) groups is 1.